The lowest BCUT2D eigenvalue weighted by Gasteiger charge is -2.61. The molecule has 1 saturated heterocycles. The van der Waals surface area contributed by atoms with Crippen LogP contribution >= 0.6 is 0 Å². The topological polar surface area (TPSA) is 102 Å². The summed E-state index contributed by atoms with van der Waals surface area (Å²) in [6, 6.07) is 0. The predicted molar refractivity (Wildman–Crippen MR) is 86.1 cm³/mol. The second kappa shape index (κ2) is 6.70. The molecule has 0 radical (unpaired) electrons. The molecule has 31 heavy (non-hydrogen) atoms. The maximum Gasteiger partial charge on any atom is 0.438 e. The van der Waals surface area contributed by atoms with E-state index in [0.717, 1.165) is 0 Å². The van der Waals surface area contributed by atoms with Gasteiger partial charge in [0.25, 0.3) is 0 Å². The van der Waals surface area contributed by atoms with Crippen LogP contribution < -0.4 is 0 Å². The van der Waals surface area contributed by atoms with Gasteiger partial charge in [0, 0.05) is 11.8 Å². The van der Waals surface area contributed by atoms with Crippen molar-refractivity contribution >= 4 is 16.1 Å². The summed E-state index contributed by atoms with van der Waals surface area (Å²) in [7, 11) is -6.08. The number of hydrogen-bond donors (Lipinski definition) is 0. The van der Waals surface area contributed by atoms with Gasteiger partial charge in [-0.05, 0) is 38.0 Å². The van der Waals surface area contributed by atoms with Gasteiger partial charge >= 0.3 is 23.9 Å². The van der Waals surface area contributed by atoms with E-state index in [1.165, 1.54) is 0 Å². The fourth-order valence-corrected chi connectivity index (χ4v) is 6.96. The maximum absolute atomic E-state index is 13.5. The van der Waals surface area contributed by atoms with Gasteiger partial charge in [-0.1, -0.05) is 0 Å². The lowest BCUT2D eigenvalue weighted by atomic mass is 9.47. The monoisotopic (exact) mass is 481 g/mol. The Balaban J connectivity index is 1.69. The molecule has 1 aliphatic heterocycles. The van der Waals surface area contributed by atoms with E-state index >= 15 is 0 Å². The second-order valence-corrected chi connectivity index (χ2v) is 10.4. The zero-order valence-electron chi connectivity index (χ0n) is 15.9. The number of hydrogen-bond acceptors (Lipinski definition) is 7. The van der Waals surface area contributed by atoms with Crippen LogP contribution in [0.1, 0.15) is 32.1 Å². The Kier molecular flexibility index (Phi) is 4.98. The highest BCUT2D eigenvalue weighted by molar-refractivity contribution is 7.85. The van der Waals surface area contributed by atoms with Crippen molar-refractivity contribution in [3.8, 4) is 0 Å². The van der Waals surface area contributed by atoms with Crippen LogP contribution in [0.5, 0.6) is 0 Å². The molecule has 2 atom stereocenters. The molecule has 2 unspecified atom stereocenters. The SMILES string of the molecule is O=C(OC(CS(=O)(=O)[O-])(C(F)(F)F)C(F)(F)F)C12CC3CC(C1)C1(OCCO1)C(C3)C2. The van der Waals surface area contributed by atoms with Crippen LogP contribution in [0.25, 0.3) is 0 Å². The van der Waals surface area contributed by atoms with Gasteiger partial charge in [-0.2, -0.15) is 26.3 Å². The van der Waals surface area contributed by atoms with Crippen LogP contribution in [0.15, 0.2) is 0 Å². The standard InChI is InChI=1S/C17H20F6O7S/c18-16(19,20)14(17(21,22)23,8-31(25,26)27)30-12(24)13-5-9-3-10(6-13)15(11(4-9)7-13)28-1-2-29-15/h9-11H,1-8H2,(H,25,26,27)/p-1. The van der Waals surface area contributed by atoms with E-state index in [1.807, 2.05) is 0 Å². The first-order valence-corrected chi connectivity index (χ1v) is 11.2. The van der Waals surface area contributed by atoms with Crippen molar-refractivity contribution in [3.63, 3.8) is 0 Å². The molecule has 1 heterocycles. The molecule has 14 heteroatoms. The highest BCUT2D eigenvalue weighted by Crippen LogP contribution is 2.66. The number of carbonyl (C=O) groups is 1. The minimum Gasteiger partial charge on any atom is -0.748 e. The van der Waals surface area contributed by atoms with E-state index in [9.17, 15) is 44.1 Å². The Labute approximate surface area is 173 Å². The Morgan fingerprint density at radius 3 is 1.87 bits per heavy atom. The van der Waals surface area contributed by atoms with E-state index in [0.29, 0.717) is 26.1 Å². The lowest BCUT2D eigenvalue weighted by molar-refractivity contribution is -0.366. The molecule has 0 amide bonds. The van der Waals surface area contributed by atoms with E-state index < -0.39 is 62.8 Å². The van der Waals surface area contributed by atoms with Crippen LogP contribution in [0.4, 0.5) is 26.3 Å². The van der Waals surface area contributed by atoms with E-state index in [4.69, 9.17) is 9.47 Å². The van der Waals surface area contributed by atoms with Crippen LogP contribution in [-0.4, -0.2) is 61.6 Å². The summed E-state index contributed by atoms with van der Waals surface area (Å²) in [5.41, 5.74) is -7.11. The summed E-state index contributed by atoms with van der Waals surface area (Å²) in [6.45, 7) is 0.587. The molecule has 1 spiro atoms. The molecular weight excluding hydrogens is 462 g/mol. The van der Waals surface area contributed by atoms with Gasteiger partial charge < -0.3 is 18.8 Å². The highest BCUT2D eigenvalue weighted by atomic mass is 32.2. The van der Waals surface area contributed by atoms with Gasteiger partial charge in [0.05, 0.1) is 34.5 Å². The average Bonchev–Trinajstić information content (AvgIpc) is 3.06. The molecule has 0 aromatic carbocycles. The first kappa shape index (κ1) is 23.1. The molecule has 4 aliphatic carbocycles. The van der Waals surface area contributed by atoms with Crippen LogP contribution in [0.3, 0.4) is 0 Å². The van der Waals surface area contributed by atoms with Gasteiger partial charge in [-0.15, -0.1) is 0 Å². The molecule has 4 saturated carbocycles. The molecule has 5 aliphatic rings. The summed E-state index contributed by atoms with van der Waals surface area (Å²) in [5.74, 6) is -6.76. The van der Waals surface area contributed by atoms with Gasteiger partial charge in [0.2, 0.25) is 0 Å². The van der Waals surface area contributed by atoms with Crippen molar-refractivity contribution in [2.45, 2.75) is 55.8 Å². The quantitative estimate of drug-likeness (QED) is 0.346. The van der Waals surface area contributed by atoms with Crippen molar-refractivity contribution in [2.75, 3.05) is 19.0 Å². The lowest BCUT2D eigenvalue weighted by Crippen LogP contribution is -2.67. The second-order valence-electron chi connectivity index (χ2n) is 8.96. The van der Waals surface area contributed by atoms with Gasteiger partial charge in [0.15, 0.2) is 5.79 Å². The van der Waals surface area contributed by atoms with Gasteiger partial charge in [-0.25, -0.2) is 8.42 Å². The van der Waals surface area contributed by atoms with E-state index in [2.05, 4.69) is 4.74 Å². The molecule has 7 nitrogen and oxygen atoms in total. The molecule has 5 rings (SSSR count). The zero-order valence-corrected chi connectivity index (χ0v) is 16.7. The third kappa shape index (κ3) is 3.44. The summed E-state index contributed by atoms with van der Waals surface area (Å²) in [4.78, 5) is 12.9. The third-order valence-corrected chi connectivity index (χ3v) is 7.82. The predicted octanol–water partition coefficient (Wildman–Crippen LogP) is 2.51. The number of rotatable bonds is 4. The molecule has 4 bridgehead atoms. The highest BCUT2D eigenvalue weighted by Gasteiger charge is 2.76. The molecule has 5 fully saturated rings. The Bertz CT molecular complexity index is 829. The van der Waals surface area contributed by atoms with Crippen LogP contribution in [-0.2, 0) is 29.1 Å². The largest absolute Gasteiger partial charge is 0.748 e. The number of halogens is 6. The smallest absolute Gasteiger partial charge is 0.438 e. The number of esters is 1. The third-order valence-electron chi connectivity index (χ3n) is 7.06. The Morgan fingerprint density at radius 2 is 1.45 bits per heavy atom. The van der Waals surface area contributed by atoms with E-state index in [1.54, 1.807) is 0 Å². The zero-order chi connectivity index (χ0) is 23.1. The van der Waals surface area contributed by atoms with Gasteiger partial charge in [-0.3, -0.25) is 4.79 Å². The number of alkyl halides is 6. The minimum atomic E-state index is -6.38. The summed E-state index contributed by atoms with van der Waals surface area (Å²) in [6.07, 6.45) is -11.8. The summed E-state index contributed by atoms with van der Waals surface area (Å²) >= 11 is 0. The molecule has 178 valence electrons. The van der Waals surface area contributed by atoms with Gasteiger partial charge in [0.1, 0.15) is 0 Å². The fourth-order valence-electron chi connectivity index (χ4n) is 6.08. The Morgan fingerprint density at radius 1 is 0.968 bits per heavy atom. The molecule has 0 N–H and O–H groups in total. The molecule has 0 aromatic heterocycles. The number of carbonyl (C=O) groups excluding carboxylic acids is 1. The van der Waals surface area contributed by atoms with Crippen molar-refractivity contribution in [1.82, 2.24) is 0 Å². The van der Waals surface area contributed by atoms with Crippen LogP contribution in [0.2, 0.25) is 0 Å². The minimum absolute atomic E-state index is 0.0187. The Hall–Kier alpha value is -1.12. The first-order valence-electron chi connectivity index (χ1n) is 9.62. The average molecular weight is 481 g/mol. The fraction of sp³-hybridized carbons (Fsp3) is 0.941. The van der Waals surface area contributed by atoms with Crippen molar-refractivity contribution in [2.24, 2.45) is 23.2 Å². The van der Waals surface area contributed by atoms with Crippen molar-refractivity contribution in [3.05, 3.63) is 0 Å². The normalized spacial score (nSPS) is 35.0. The summed E-state index contributed by atoms with van der Waals surface area (Å²) in [5, 5.41) is 0. The van der Waals surface area contributed by atoms with Crippen molar-refractivity contribution < 1.29 is 58.3 Å². The first-order chi connectivity index (χ1) is 14.0. The maximum atomic E-state index is 13.5. The molecule has 0 aromatic rings. The van der Waals surface area contributed by atoms with E-state index in [-0.39, 0.29) is 25.2 Å². The van der Waals surface area contributed by atoms with Crippen LogP contribution in [0, 0.1) is 23.2 Å². The molecular formula is C17H19F6O7S-. The number of ether oxygens (including phenoxy) is 3. The summed E-state index contributed by atoms with van der Waals surface area (Å²) < 4.78 is 130. The van der Waals surface area contributed by atoms with Crippen molar-refractivity contribution in [1.29, 1.82) is 0 Å².